The van der Waals surface area contributed by atoms with Gasteiger partial charge in [-0.1, -0.05) is 60.1 Å². The van der Waals surface area contributed by atoms with Crippen molar-refractivity contribution in [3.63, 3.8) is 0 Å². The van der Waals surface area contributed by atoms with Crippen molar-refractivity contribution in [2.45, 2.75) is 39.3 Å². The molecule has 0 fully saturated rings. The Balaban J connectivity index is 1.45. The fourth-order valence-electron chi connectivity index (χ4n) is 4.81. The van der Waals surface area contributed by atoms with Crippen molar-refractivity contribution in [1.82, 2.24) is 19.7 Å². The maximum Gasteiger partial charge on any atom is 0.270 e. The van der Waals surface area contributed by atoms with Gasteiger partial charge in [-0.25, -0.2) is 0 Å². The summed E-state index contributed by atoms with van der Waals surface area (Å²) in [5.41, 5.74) is 6.55. The van der Waals surface area contributed by atoms with Crippen LogP contribution >= 0.6 is 11.6 Å². The number of Topliss-reactive ketones (excluding diaryl/α,β-unsaturated/α-hetero) is 1. The lowest BCUT2D eigenvalue weighted by Crippen LogP contribution is -2.27. The molecule has 0 saturated heterocycles. The Labute approximate surface area is 209 Å². The SMILES string of the molecule is Cc1c(C(=O)N(C)Cc2cn(Cc3ccccc3Cl)nc2-c2ccccc2)[nH]c2c1C(=O)CCC2. The van der Waals surface area contributed by atoms with Crippen molar-refractivity contribution in [2.75, 3.05) is 7.05 Å². The van der Waals surface area contributed by atoms with Gasteiger partial charge in [0.2, 0.25) is 0 Å². The summed E-state index contributed by atoms with van der Waals surface area (Å²) in [5.74, 6) is -0.0171. The molecule has 178 valence electrons. The van der Waals surface area contributed by atoms with E-state index in [9.17, 15) is 9.59 Å². The lowest BCUT2D eigenvalue weighted by molar-refractivity contribution is 0.0779. The topological polar surface area (TPSA) is 71.0 Å². The van der Waals surface area contributed by atoms with Crippen LogP contribution in [0, 0.1) is 6.92 Å². The highest BCUT2D eigenvalue weighted by Crippen LogP contribution is 2.28. The van der Waals surface area contributed by atoms with Crippen molar-refractivity contribution in [1.29, 1.82) is 0 Å². The second kappa shape index (κ2) is 9.55. The van der Waals surface area contributed by atoms with E-state index >= 15 is 0 Å². The van der Waals surface area contributed by atoms with Gasteiger partial charge in [-0.3, -0.25) is 14.3 Å². The van der Waals surface area contributed by atoms with Gasteiger partial charge in [-0.05, 0) is 37.0 Å². The van der Waals surface area contributed by atoms with Crippen molar-refractivity contribution >= 4 is 23.3 Å². The molecule has 2 heterocycles. The highest BCUT2D eigenvalue weighted by molar-refractivity contribution is 6.31. The van der Waals surface area contributed by atoms with E-state index in [4.69, 9.17) is 16.7 Å². The zero-order chi connectivity index (χ0) is 24.5. The first-order chi connectivity index (χ1) is 16.9. The largest absolute Gasteiger partial charge is 0.354 e. The van der Waals surface area contributed by atoms with E-state index in [1.165, 1.54) is 0 Å². The number of benzene rings is 2. The second-order valence-electron chi connectivity index (χ2n) is 9.07. The molecule has 0 saturated carbocycles. The number of fused-ring (bicyclic) bond motifs is 1. The molecule has 2 aromatic heterocycles. The molecular formula is C28H27ClN4O2. The fourth-order valence-corrected chi connectivity index (χ4v) is 5.00. The molecule has 0 unspecified atom stereocenters. The third kappa shape index (κ3) is 4.54. The van der Waals surface area contributed by atoms with Crippen molar-refractivity contribution in [3.05, 3.63) is 99.5 Å². The average Bonchev–Trinajstić information content (AvgIpc) is 3.41. The molecule has 6 nitrogen and oxygen atoms in total. The first-order valence-corrected chi connectivity index (χ1v) is 12.2. The smallest absolute Gasteiger partial charge is 0.270 e. The molecule has 4 aromatic rings. The number of ketones is 1. The molecule has 1 aliphatic carbocycles. The van der Waals surface area contributed by atoms with Gasteiger partial charge in [0.15, 0.2) is 5.78 Å². The first kappa shape index (κ1) is 23.1. The maximum absolute atomic E-state index is 13.4. The number of carbonyl (C=O) groups is 2. The minimum atomic E-state index is -0.137. The van der Waals surface area contributed by atoms with Gasteiger partial charge in [0.05, 0.1) is 12.2 Å². The molecule has 0 radical (unpaired) electrons. The molecule has 0 aliphatic heterocycles. The number of H-pyrrole nitrogens is 1. The molecule has 2 aromatic carbocycles. The van der Waals surface area contributed by atoms with E-state index in [2.05, 4.69) is 4.98 Å². The number of nitrogens with one attached hydrogen (secondary N) is 1. The standard InChI is InChI=1S/C28H27ClN4O2/c1-18-25-23(13-8-14-24(25)34)30-26(18)28(35)32(2)15-21-17-33(16-20-11-6-7-12-22(20)29)31-27(21)19-9-4-3-5-10-19/h3-7,9-12,17,30H,8,13-16H2,1-2H3. The minimum Gasteiger partial charge on any atom is -0.354 e. The Morgan fingerprint density at radius 1 is 1.09 bits per heavy atom. The number of hydrogen-bond acceptors (Lipinski definition) is 3. The number of nitrogens with zero attached hydrogens (tertiary/aromatic N) is 3. The molecule has 1 aliphatic rings. The summed E-state index contributed by atoms with van der Waals surface area (Å²) in [6.45, 7) is 2.76. The van der Waals surface area contributed by atoms with Crippen molar-refractivity contribution in [2.24, 2.45) is 0 Å². The van der Waals surface area contributed by atoms with Gasteiger partial charge in [-0.15, -0.1) is 0 Å². The molecule has 0 atom stereocenters. The number of aromatic nitrogens is 3. The van der Waals surface area contributed by atoms with Crippen LogP contribution in [0.1, 0.15) is 56.1 Å². The van der Waals surface area contributed by atoms with Crippen LogP contribution in [0.25, 0.3) is 11.3 Å². The second-order valence-corrected chi connectivity index (χ2v) is 9.48. The molecule has 1 N–H and O–H groups in total. The predicted molar refractivity (Wildman–Crippen MR) is 137 cm³/mol. The molecule has 0 bridgehead atoms. The number of aryl methyl sites for hydroxylation is 1. The Hall–Kier alpha value is -3.64. The summed E-state index contributed by atoms with van der Waals surface area (Å²) >= 11 is 6.38. The number of amides is 1. The Bertz CT molecular complexity index is 1400. The van der Waals surface area contributed by atoms with E-state index in [0.717, 1.165) is 46.5 Å². The predicted octanol–water partition coefficient (Wildman–Crippen LogP) is 5.68. The van der Waals surface area contributed by atoms with Crippen LogP contribution in [0.2, 0.25) is 5.02 Å². The molecule has 1 amide bonds. The van der Waals surface area contributed by atoms with Crippen LogP contribution in [-0.4, -0.2) is 38.4 Å². The van der Waals surface area contributed by atoms with Crippen LogP contribution in [0.4, 0.5) is 0 Å². The minimum absolute atomic E-state index is 0.119. The van der Waals surface area contributed by atoms with Crippen molar-refractivity contribution in [3.8, 4) is 11.3 Å². The van der Waals surface area contributed by atoms with Crippen LogP contribution in [-0.2, 0) is 19.5 Å². The number of hydrogen-bond donors (Lipinski definition) is 1. The quantitative estimate of drug-likeness (QED) is 0.381. The van der Waals surface area contributed by atoms with Crippen LogP contribution in [0.15, 0.2) is 60.8 Å². The van der Waals surface area contributed by atoms with Crippen LogP contribution in [0.3, 0.4) is 0 Å². The molecular weight excluding hydrogens is 460 g/mol. The summed E-state index contributed by atoms with van der Waals surface area (Å²) in [5, 5.41) is 5.54. The normalized spacial score (nSPS) is 13.1. The van der Waals surface area contributed by atoms with E-state index in [-0.39, 0.29) is 11.7 Å². The molecule has 5 rings (SSSR count). The van der Waals surface area contributed by atoms with E-state index < -0.39 is 0 Å². The van der Waals surface area contributed by atoms with Gasteiger partial charge < -0.3 is 9.88 Å². The Morgan fingerprint density at radius 2 is 1.83 bits per heavy atom. The summed E-state index contributed by atoms with van der Waals surface area (Å²) < 4.78 is 1.87. The summed E-state index contributed by atoms with van der Waals surface area (Å²) in [4.78, 5) is 30.8. The maximum atomic E-state index is 13.4. The van der Waals surface area contributed by atoms with Crippen LogP contribution < -0.4 is 0 Å². The van der Waals surface area contributed by atoms with Gasteiger partial charge in [0.25, 0.3) is 5.91 Å². The zero-order valence-corrected chi connectivity index (χ0v) is 20.6. The van der Waals surface area contributed by atoms with Gasteiger partial charge in [-0.2, -0.15) is 5.10 Å². The number of carbonyl (C=O) groups excluding carboxylic acids is 2. The van der Waals surface area contributed by atoms with Crippen LogP contribution in [0.5, 0.6) is 0 Å². The van der Waals surface area contributed by atoms with E-state index in [0.29, 0.717) is 35.8 Å². The fraction of sp³-hybridized carbons (Fsp3) is 0.250. The monoisotopic (exact) mass is 486 g/mol. The average molecular weight is 487 g/mol. The van der Waals surface area contributed by atoms with E-state index in [1.807, 2.05) is 72.4 Å². The summed E-state index contributed by atoms with van der Waals surface area (Å²) in [6.07, 6.45) is 4.14. The highest BCUT2D eigenvalue weighted by atomic mass is 35.5. The summed E-state index contributed by atoms with van der Waals surface area (Å²) in [7, 11) is 1.78. The number of aromatic amines is 1. The van der Waals surface area contributed by atoms with Crippen molar-refractivity contribution < 1.29 is 9.59 Å². The zero-order valence-electron chi connectivity index (χ0n) is 19.8. The molecule has 0 spiro atoms. The highest BCUT2D eigenvalue weighted by Gasteiger charge is 2.28. The summed E-state index contributed by atoms with van der Waals surface area (Å²) in [6, 6.07) is 17.7. The number of halogens is 1. The van der Waals surface area contributed by atoms with Gasteiger partial charge in [0, 0.05) is 53.6 Å². The molecule has 35 heavy (non-hydrogen) atoms. The first-order valence-electron chi connectivity index (χ1n) is 11.8. The lowest BCUT2D eigenvalue weighted by atomic mass is 9.94. The van der Waals surface area contributed by atoms with Gasteiger partial charge >= 0.3 is 0 Å². The number of rotatable bonds is 6. The lowest BCUT2D eigenvalue weighted by Gasteiger charge is -2.17. The third-order valence-corrected chi connectivity index (χ3v) is 6.95. The van der Waals surface area contributed by atoms with Gasteiger partial charge in [0.1, 0.15) is 5.69 Å². The third-order valence-electron chi connectivity index (χ3n) is 6.58. The van der Waals surface area contributed by atoms with E-state index in [1.54, 1.807) is 11.9 Å². The Kier molecular flexibility index (Phi) is 6.31. The molecule has 7 heteroatoms. The Morgan fingerprint density at radius 3 is 2.57 bits per heavy atom.